The zero-order chi connectivity index (χ0) is 52.1. The molecule has 17 rings (SSSR count). The van der Waals surface area contributed by atoms with Crippen LogP contribution in [0.15, 0.2) is 267 Å². The fourth-order valence-corrected chi connectivity index (χ4v) is 15.1. The number of para-hydroxylation sites is 2. The lowest BCUT2D eigenvalue weighted by Crippen LogP contribution is -2.29. The van der Waals surface area contributed by atoms with Crippen molar-refractivity contribution in [3.05, 3.63) is 311 Å². The van der Waals surface area contributed by atoms with Crippen LogP contribution < -0.4 is 9.80 Å². The molecule has 5 aliphatic rings. The van der Waals surface area contributed by atoms with Crippen molar-refractivity contribution >= 4 is 34.1 Å². The molecule has 2 nitrogen and oxygen atoms in total. The van der Waals surface area contributed by atoms with Gasteiger partial charge in [0.2, 0.25) is 0 Å². The average molecular weight is 1010 g/mol. The van der Waals surface area contributed by atoms with E-state index in [9.17, 15) is 0 Å². The summed E-state index contributed by atoms with van der Waals surface area (Å²) < 4.78 is 0. The van der Waals surface area contributed by atoms with Crippen molar-refractivity contribution in [3.63, 3.8) is 0 Å². The van der Waals surface area contributed by atoms with Gasteiger partial charge < -0.3 is 9.80 Å². The molecule has 12 aromatic rings. The number of nitrogens with zero attached hydrogens (tertiary/aromatic N) is 2. The van der Waals surface area contributed by atoms with Gasteiger partial charge in [-0.1, -0.05) is 220 Å². The van der Waals surface area contributed by atoms with Gasteiger partial charge in [-0.15, -0.1) is 0 Å². The minimum absolute atomic E-state index is 0.205. The van der Waals surface area contributed by atoms with Crippen molar-refractivity contribution in [2.45, 2.75) is 31.1 Å². The quantitative estimate of drug-likeness (QED) is 0.173. The molecule has 0 aromatic heterocycles. The largest absolute Gasteiger partial charge is 0.310 e. The van der Waals surface area contributed by atoms with Crippen LogP contribution >= 0.6 is 0 Å². The molecule has 1 spiro atoms. The maximum atomic E-state index is 2.58. The first-order chi connectivity index (χ1) is 39.0. The second-order valence-electron chi connectivity index (χ2n) is 22.6. The number of hydrogen-bond donors (Lipinski definition) is 0. The van der Waals surface area contributed by atoms with Gasteiger partial charge in [0.15, 0.2) is 0 Å². The van der Waals surface area contributed by atoms with Crippen molar-refractivity contribution < 1.29 is 0 Å². The Morgan fingerprint density at radius 2 is 0.759 bits per heavy atom. The molecule has 2 heteroatoms. The lowest BCUT2D eigenvalue weighted by molar-refractivity contribution is 0.660. The Kier molecular flexibility index (Phi) is 9.20. The molecule has 0 radical (unpaired) electrons. The second kappa shape index (κ2) is 16.4. The second-order valence-corrected chi connectivity index (χ2v) is 22.6. The van der Waals surface area contributed by atoms with Gasteiger partial charge in [0, 0.05) is 39.3 Å². The Hall–Kier alpha value is -9.76. The van der Waals surface area contributed by atoms with Gasteiger partial charge in [-0.3, -0.25) is 0 Å². The normalized spacial score (nSPS) is 15.5. The number of fused-ring (bicyclic) bond motifs is 24. The topological polar surface area (TPSA) is 6.48 Å². The lowest BCUT2D eigenvalue weighted by Gasteiger charge is -2.37. The van der Waals surface area contributed by atoms with E-state index < -0.39 is 5.41 Å². The van der Waals surface area contributed by atoms with Gasteiger partial charge in [-0.2, -0.15) is 0 Å². The van der Waals surface area contributed by atoms with E-state index in [2.05, 4.69) is 291 Å². The van der Waals surface area contributed by atoms with Gasteiger partial charge in [0.25, 0.3) is 0 Å². The summed E-state index contributed by atoms with van der Waals surface area (Å²) in [4.78, 5) is 5.02. The third kappa shape index (κ3) is 6.01. The van der Waals surface area contributed by atoms with E-state index in [4.69, 9.17) is 0 Å². The Morgan fingerprint density at radius 3 is 1.47 bits per heavy atom. The summed E-state index contributed by atoms with van der Waals surface area (Å²) in [5.74, 6) is 0. The van der Waals surface area contributed by atoms with Crippen molar-refractivity contribution in [3.8, 4) is 77.9 Å². The van der Waals surface area contributed by atoms with Crippen LogP contribution in [0.2, 0.25) is 0 Å². The number of hydrogen-bond acceptors (Lipinski definition) is 2. The zero-order valence-electron chi connectivity index (χ0n) is 44.0. The van der Waals surface area contributed by atoms with Gasteiger partial charge in [-0.25, -0.2) is 0 Å². The zero-order valence-corrected chi connectivity index (χ0v) is 44.0. The van der Waals surface area contributed by atoms with Crippen molar-refractivity contribution in [1.82, 2.24) is 0 Å². The van der Waals surface area contributed by atoms with E-state index in [0.29, 0.717) is 0 Å². The molecule has 0 saturated heterocycles. The summed E-state index contributed by atoms with van der Waals surface area (Å²) in [6, 6.07) is 101. The van der Waals surface area contributed by atoms with Crippen LogP contribution in [0, 0.1) is 0 Å². The molecule has 0 bridgehead atoms. The molecule has 1 atom stereocenters. The highest BCUT2D eigenvalue weighted by Gasteiger charge is 2.51. The van der Waals surface area contributed by atoms with Gasteiger partial charge in [0.1, 0.15) is 0 Å². The Balaban J connectivity index is 0.973. The van der Waals surface area contributed by atoms with Crippen LogP contribution in [0.5, 0.6) is 0 Å². The predicted molar refractivity (Wildman–Crippen MR) is 328 cm³/mol. The van der Waals surface area contributed by atoms with Crippen LogP contribution in [0.1, 0.15) is 58.4 Å². The SMILES string of the molecule is CC1(C)c2ccccc2-c2ccc(N(c3ccc4c(c3)-c3ccccc3-c3ccccc3N4c3ccccc3)c3ccc4c(c3)C3(c5ccccc5-c5ccccc5-4)c4ccccc4-c4c3ccc3c4-c4ccccc4C3)cc21. The van der Waals surface area contributed by atoms with Gasteiger partial charge in [-0.05, 0) is 178 Å². The molecule has 12 aromatic carbocycles. The molecule has 4 aliphatic carbocycles. The van der Waals surface area contributed by atoms with E-state index in [0.717, 1.165) is 40.5 Å². The van der Waals surface area contributed by atoms with Crippen molar-refractivity contribution in [1.29, 1.82) is 0 Å². The molecule has 0 amide bonds. The number of benzene rings is 12. The van der Waals surface area contributed by atoms with Crippen molar-refractivity contribution in [2.24, 2.45) is 0 Å². The maximum absolute atomic E-state index is 2.58. The van der Waals surface area contributed by atoms with Crippen LogP contribution in [-0.4, -0.2) is 0 Å². The third-order valence-corrected chi connectivity index (χ3v) is 18.4. The van der Waals surface area contributed by atoms with Gasteiger partial charge in [0.05, 0.1) is 16.8 Å². The van der Waals surface area contributed by atoms with Crippen LogP contribution in [-0.2, 0) is 17.3 Å². The molecule has 0 fully saturated rings. The smallest absolute Gasteiger partial charge is 0.0726 e. The fourth-order valence-electron chi connectivity index (χ4n) is 15.1. The molecule has 1 heterocycles. The first-order valence-electron chi connectivity index (χ1n) is 27.9. The molecule has 1 unspecified atom stereocenters. The minimum Gasteiger partial charge on any atom is -0.310 e. The number of rotatable bonds is 4. The lowest BCUT2D eigenvalue weighted by atomic mass is 9.65. The predicted octanol–water partition coefficient (Wildman–Crippen LogP) is 20.2. The Bertz CT molecular complexity index is 4580. The monoisotopic (exact) mass is 1000 g/mol. The first kappa shape index (κ1) is 44.4. The molecule has 1 aliphatic heterocycles. The van der Waals surface area contributed by atoms with E-state index >= 15 is 0 Å². The fraction of sp³-hybridized carbons (Fsp3) is 0.0649. The maximum Gasteiger partial charge on any atom is 0.0726 e. The van der Waals surface area contributed by atoms with E-state index in [1.165, 1.54) is 122 Å². The first-order valence-corrected chi connectivity index (χ1v) is 27.9. The van der Waals surface area contributed by atoms with Crippen molar-refractivity contribution in [2.75, 3.05) is 9.80 Å². The highest BCUT2D eigenvalue weighted by Crippen LogP contribution is 2.65. The Morgan fingerprint density at radius 1 is 0.291 bits per heavy atom. The third-order valence-electron chi connectivity index (χ3n) is 18.4. The van der Waals surface area contributed by atoms with E-state index in [1.807, 2.05) is 0 Å². The van der Waals surface area contributed by atoms with E-state index in [1.54, 1.807) is 0 Å². The molecular formula is C77H52N2. The summed E-state index contributed by atoms with van der Waals surface area (Å²) in [5, 5.41) is 0. The van der Waals surface area contributed by atoms with Gasteiger partial charge >= 0.3 is 0 Å². The minimum atomic E-state index is -0.679. The standard InChI is InChI=1S/C77H52N2/c1-76(2)66-32-16-12-29-60(66)62-41-38-52(46-70(62)76)78(51-39-43-73-65(45-51)58-27-11-10-26-57(58)63-30-15-19-35-72(63)79(73)50-21-4-3-5-22-50)53-37-40-61-56-25-9-8-24-55(56)59-28-13-17-33-67(59)77(71(61)47-53)68-34-18-14-31-64(68)75-69(77)42-36-49-44-48-20-6-7-23-54(48)74(49)75/h3-43,45-47H,44H2,1-2H3. The molecule has 79 heavy (non-hydrogen) atoms. The Labute approximate surface area is 461 Å². The highest BCUT2D eigenvalue weighted by molar-refractivity contribution is 6.06. The molecule has 0 saturated carbocycles. The van der Waals surface area contributed by atoms with Crippen LogP contribution in [0.4, 0.5) is 34.1 Å². The van der Waals surface area contributed by atoms with Crippen LogP contribution in [0.25, 0.3) is 77.9 Å². The molecule has 370 valence electrons. The number of anilines is 6. The van der Waals surface area contributed by atoms with Crippen LogP contribution in [0.3, 0.4) is 0 Å². The summed E-state index contributed by atoms with van der Waals surface area (Å²) in [7, 11) is 0. The summed E-state index contributed by atoms with van der Waals surface area (Å²) >= 11 is 0. The summed E-state index contributed by atoms with van der Waals surface area (Å²) in [6.07, 6.45) is 0.939. The molecule has 0 N–H and O–H groups in total. The van der Waals surface area contributed by atoms with E-state index in [-0.39, 0.29) is 5.41 Å². The average Bonchev–Trinajstić information content (AvgIpc) is 3.24. The highest BCUT2D eigenvalue weighted by atomic mass is 15.2. The summed E-state index contributed by atoms with van der Waals surface area (Å²) in [6.45, 7) is 4.79. The molecular weight excluding hydrogens is 953 g/mol. The summed E-state index contributed by atoms with van der Waals surface area (Å²) in [5.41, 5.74) is 34.5.